The summed E-state index contributed by atoms with van der Waals surface area (Å²) < 4.78 is 21.7. The van der Waals surface area contributed by atoms with Crippen LogP contribution in [-0.4, -0.2) is 18.9 Å². The monoisotopic (exact) mass is 390 g/mol. The molecule has 1 aromatic heterocycles. The third kappa shape index (κ3) is 3.65. The number of esters is 1. The maximum absolute atomic E-state index is 12.7. The Hall–Kier alpha value is -3.80. The summed E-state index contributed by atoms with van der Waals surface area (Å²) in [6, 6.07) is 13.3. The van der Waals surface area contributed by atoms with Crippen LogP contribution < -0.4 is 14.2 Å². The standard InChI is InChI=1S/C23H18O6/c1-13-10-18(28-23(25)15-5-8-16(26-3)9-6-15)12-19-21(13)22(24)20(29-19)11-17-7-4-14(2)27-17/h4-12H,1-3H3/b20-11-. The van der Waals surface area contributed by atoms with Gasteiger partial charge < -0.3 is 18.6 Å². The van der Waals surface area contributed by atoms with E-state index in [4.69, 9.17) is 18.6 Å². The molecule has 0 fully saturated rings. The first kappa shape index (κ1) is 18.6. The highest BCUT2D eigenvalue weighted by Gasteiger charge is 2.30. The average molecular weight is 390 g/mol. The fraction of sp³-hybridized carbons (Fsp3) is 0.130. The Morgan fingerprint density at radius 1 is 1.00 bits per heavy atom. The van der Waals surface area contributed by atoms with Gasteiger partial charge in [-0.3, -0.25) is 4.79 Å². The number of carbonyl (C=O) groups excluding carboxylic acids is 2. The van der Waals surface area contributed by atoms with Crippen molar-refractivity contribution in [1.82, 2.24) is 0 Å². The first-order valence-electron chi connectivity index (χ1n) is 8.96. The maximum Gasteiger partial charge on any atom is 0.343 e. The molecule has 0 unspecified atom stereocenters. The van der Waals surface area contributed by atoms with Crippen LogP contribution in [0.15, 0.2) is 58.7 Å². The predicted octanol–water partition coefficient (Wildman–Crippen LogP) is 4.74. The van der Waals surface area contributed by atoms with Gasteiger partial charge in [-0.2, -0.15) is 0 Å². The molecule has 0 saturated heterocycles. The Bertz CT molecular complexity index is 1130. The highest BCUT2D eigenvalue weighted by atomic mass is 16.5. The van der Waals surface area contributed by atoms with E-state index in [1.54, 1.807) is 62.6 Å². The normalized spacial score (nSPS) is 13.9. The largest absolute Gasteiger partial charge is 0.497 e. The topological polar surface area (TPSA) is 75.0 Å². The number of aryl methyl sites for hydroxylation is 2. The maximum atomic E-state index is 12.7. The van der Waals surface area contributed by atoms with Gasteiger partial charge >= 0.3 is 5.97 Å². The molecule has 0 radical (unpaired) electrons. The minimum atomic E-state index is -0.516. The SMILES string of the molecule is COc1ccc(C(=O)Oc2cc(C)c3c(c2)O/C(=C\c2ccc(C)o2)C3=O)cc1. The zero-order chi connectivity index (χ0) is 20.5. The molecule has 0 atom stereocenters. The molecule has 4 rings (SSSR count). The van der Waals surface area contributed by atoms with Crippen LogP contribution in [0.5, 0.6) is 17.2 Å². The van der Waals surface area contributed by atoms with Gasteiger partial charge in [-0.1, -0.05) is 0 Å². The van der Waals surface area contributed by atoms with Crippen LogP contribution in [0.3, 0.4) is 0 Å². The first-order valence-corrected chi connectivity index (χ1v) is 8.96. The zero-order valence-electron chi connectivity index (χ0n) is 16.1. The Morgan fingerprint density at radius 3 is 2.41 bits per heavy atom. The van der Waals surface area contributed by atoms with E-state index in [1.807, 2.05) is 6.92 Å². The van der Waals surface area contributed by atoms with Gasteiger partial charge in [0, 0.05) is 12.1 Å². The highest BCUT2D eigenvalue weighted by molar-refractivity contribution is 6.15. The Morgan fingerprint density at radius 2 is 1.76 bits per heavy atom. The number of rotatable bonds is 4. The quantitative estimate of drug-likeness (QED) is 0.364. The average Bonchev–Trinajstić information content (AvgIpc) is 3.25. The van der Waals surface area contributed by atoms with Gasteiger partial charge in [0.05, 0.1) is 18.2 Å². The zero-order valence-corrected chi connectivity index (χ0v) is 16.1. The van der Waals surface area contributed by atoms with Crippen LogP contribution in [-0.2, 0) is 0 Å². The van der Waals surface area contributed by atoms with Crippen LogP contribution in [0.1, 0.15) is 37.8 Å². The molecule has 6 heteroatoms. The van der Waals surface area contributed by atoms with E-state index in [9.17, 15) is 9.59 Å². The number of carbonyl (C=O) groups is 2. The van der Waals surface area contributed by atoms with Crippen molar-refractivity contribution < 1.29 is 28.2 Å². The van der Waals surface area contributed by atoms with Crippen LogP contribution >= 0.6 is 0 Å². The van der Waals surface area contributed by atoms with Crippen molar-refractivity contribution in [3.8, 4) is 17.2 Å². The van der Waals surface area contributed by atoms with Gasteiger partial charge in [0.25, 0.3) is 0 Å². The smallest absolute Gasteiger partial charge is 0.343 e. The molecule has 2 heterocycles. The van der Waals surface area contributed by atoms with Crippen LogP contribution in [0.25, 0.3) is 6.08 Å². The second-order valence-corrected chi connectivity index (χ2v) is 6.62. The number of benzene rings is 2. The lowest BCUT2D eigenvalue weighted by Gasteiger charge is -2.08. The van der Waals surface area contributed by atoms with Crippen molar-refractivity contribution in [2.45, 2.75) is 13.8 Å². The molecule has 2 aromatic carbocycles. The molecule has 29 heavy (non-hydrogen) atoms. The third-order valence-electron chi connectivity index (χ3n) is 4.51. The van der Waals surface area contributed by atoms with Crippen molar-refractivity contribution in [2.75, 3.05) is 7.11 Å². The number of methoxy groups -OCH3 is 1. The minimum absolute atomic E-state index is 0.163. The summed E-state index contributed by atoms with van der Waals surface area (Å²) in [6.07, 6.45) is 1.55. The van der Waals surface area contributed by atoms with E-state index >= 15 is 0 Å². The number of furan rings is 1. The van der Waals surface area contributed by atoms with Crippen molar-refractivity contribution in [3.63, 3.8) is 0 Å². The van der Waals surface area contributed by atoms with E-state index in [0.717, 1.165) is 5.76 Å². The van der Waals surface area contributed by atoms with E-state index in [1.165, 1.54) is 6.07 Å². The molecule has 0 bridgehead atoms. The minimum Gasteiger partial charge on any atom is -0.497 e. The van der Waals surface area contributed by atoms with Crippen molar-refractivity contribution in [1.29, 1.82) is 0 Å². The fourth-order valence-corrected chi connectivity index (χ4v) is 3.09. The molecule has 0 N–H and O–H groups in total. The van der Waals surface area contributed by atoms with Gasteiger partial charge in [-0.25, -0.2) is 4.79 Å². The van der Waals surface area contributed by atoms with E-state index in [0.29, 0.717) is 39.7 Å². The molecule has 3 aromatic rings. The number of Topliss-reactive ketones (excluding diaryl/α,β-unsaturated/α-hetero) is 1. The number of hydrogen-bond donors (Lipinski definition) is 0. The fourth-order valence-electron chi connectivity index (χ4n) is 3.09. The molecular weight excluding hydrogens is 372 g/mol. The lowest BCUT2D eigenvalue weighted by atomic mass is 10.0. The summed E-state index contributed by atoms with van der Waals surface area (Å²) in [5, 5.41) is 0. The predicted molar refractivity (Wildman–Crippen MR) is 106 cm³/mol. The van der Waals surface area contributed by atoms with E-state index in [-0.39, 0.29) is 11.5 Å². The van der Waals surface area contributed by atoms with Gasteiger partial charge in [-0.15, -0.1) is 0 Å². The Kier molecular flexibility index (Phi) is 4.68. The summed E-state index contributed by atoms with van der Waals surface area (Å²) in [5.74, 6) is 1.97. The van der Waals surface area contributed by atoms with Gasteiger partial charge in [0.15, 0.2) is 5.76 Å². The summed E-state index contributed by atoms with van der Waals surface area (Å²) in [7, 11) is 1.55. The van der Waals surface area contributed by atoms with E-state index in [2.05, 4.69) is 0 Å². The number of ketones is 1. The Balaban J connectivity index is 1.58. The van der Waals surface area contributed by atoms with E-state index < -0.39 is 5.97 Å². The van der Waals surface area contributed by atoms with Crippen molar-refractivity contribution in [2.24, 2.45) is 0 Å². The molecule has 0 saturated carbocycles. The highest BCUT2D eigenvalue weighted by Crippen LogP contribution is 2.37. The second kappa shape index (κ2) is 7.31. The van der Waals surface area contributed by atoms with Crippen LogP contribution in [0.4, 0.5) is 0 Å². The summed E-state index contributed by atoms with van der Waals surface area (Å²) in [5.41, 5.74) is 1.49. The second-order valence-electron chi connectivity index (χ2n) is 6.62. The molecule has 1 aliphatic rings. The molecule has 0 amide bonds. The number of hydrogen-bond acceptors (Lipinski definition) is 6. The molecule has 6 nitrogen and oxygen atoms in total. The van der Waals surface area contributed by atoms with Crippen LogP contribution in [0, 0.1) is 13.8 Å². The van der Waals surface area contributed by atoms with Gasteiger partial charge in [-0.05, 0) is 61.9 Å². The molecular formula is C23H18O6. The number of ether oxygens (including phenoxy) is 3. The van der Waals surface area contributed by atoms with Gasteiger partial charge in [0.2, 0.25) is 5.78 Å². The van der Waals surface area contributed by atoms with Crippen molar-refractivity contribution >= 4 is 17.8 Å². The molecule has 0 aliphatic carbocycles. The lowest BCUT2D eigenvalue weighted by molar-refractivity contribution is 0.0734. The summed E-state index contributed by atoms with van der Waals surface area (Å²) >= 11 is 0. The molecule has 146 valence electrons. The van der Waals surface area contributed by atoms with Crippen molar-refractivity contribution in [3.05, 3.63) is 82.5 Å². The lowest BCUT2D eigenvalue weighted by Crippen LogP contribution is -2.08. The summed E-state index contributed by atoms with van der Waals surface area (Å²) in [4.78, 5) is 25.1. The number of allylic oxidation sites excluding steroid dienone is 1. The summed E-state index contributed by atoms with van der Waals surface area (Å²) in [6.45, 7) is 3.59. The van der Waals surface area contributed by atoms with Crippen LogP contribution in [0.2, 0.25) is 0 Å². The first-order chi connectivity index (χ1) is 13.9. The molecule has 1 aliphatic heterocycles. The van der Waals surface area contributed by atoms with Gasteiger partial charge in [0.1, 0.15) is 28.8 Å². The number of fused-ring (bicyclic) bond motifs is 1. The molecule has 0 spiro atoms. The third-order valence-corrected chi connectivity index (χ3v) is 4.51. The Labute approximate surface area is 167 Å².